The number of fused-ring (bicyclic) bond motifs is 1. The molecule has 1 aliphatic heterocycles. The van der Waals surface area contributed by atoms with Gasteiger partial charge in [0.2, 0.25) is 0 Å². The lowest BCUT2D eigenvalue weighted by molar-refractivity contribution is 0.0869. The maximum Gasteiger partial charge on any atom is 0.285 e. The van der Waals surface area contributed by atoms with Crippen LogP contribution in [0.3, 0.4) is 0 Å². The van der Waals surface area contributed by atoms with E-state index in [9.17, 15) is 13.2 Å². The van der Waals surface area contributed by atoms with Crippen LogP contribution in [-0.4, -0.2) is 35.9 Å². The van der Waals surface area contributed by atoms with Gasteiger partial charge >= 0.3 is 0 Å². The zero-order valence-electron chi connectivity index (χ0n) is 10.4. The zero-order chi connectivity index (χ0) is 13.9. The van der Waals surface area contributed by atoms with Crippen LogP contribution in [0, 0.1) is 0 Å². The fourth-order valence-corrected chi connectivity index (χ4v) is 3.80. The van der Waals surface area contributed by atoms with Gasteiger partial charge in [0.1, 0.15) is 0 Å². The van der Waals surface area contributed by atoms with E-state index in [2.05, 4.69) is 17.6 Å². The van der Waals surface area contributed by atoms with Crippen LogP contribution in [0.4, 0.5) is 0 Å². The molecule has 0 unspecified atom stereocenters. The molecule has 1 aliphatic rings. The topological polar surface area (TPSA) is 67.3 Å². The van der Waals surface area contributed by atoms with Crippen LogP contribution < -0.4 is 0 Å². The van der Waals surface area contributed by atoms with Crippen LogP contribution in [0.25, 0.3) is 0 Å². The summed E-state index contributed by atoms with van der Waals surface area (Å²) in [5.41, 5.74) is 0.179. The number of carbonyl (C=O) groups excluding carboxylic acids is 1. The van der Waals surface area contributed by atoms with E-state index in [1.165, 1.54) is 12.3 Å². The third kappa shape index (κ3) is 2.76. The van der Waals surface area contributed by atoms with Gasteiger partial charge in [-0.2, -0.15) is 21.0 Å². The maximum atomic E-state index is 12.1. The van der Waals surface area contributed by atoms with Gasteiger partial charge in [-0.25, -0.2) is 9.29 Å². The van der Waals surface area contributed by atoms with Crippen LogP contribution in [0.15, 0.2) is 23.4 Å². The number of hydrogen-bond donors (Lipinski definition) is 1. The minimum Gasteiger partial charge on any atom is -0.268 e. The van der Waals surface area contributed by atoms with Crippen molar-refractivity contribution in [1.29, 1.82) is 0 Å². The van der Waals surface area contributed by atoms with Crippen molar-refractivity contribution in [2.24, 2.45) is 0 Å². The Labute approximate surface area is 118 Å². The Kier molecular flexibility index (Phi) is 4.46. The summed E-state index contributed by atoms with van der Waals surface area (Å²) in [6, 6.07) is 3.07. The first kappa shape index (κ1) is 14.3. The molecule has 0 spiro atoms. The molecule has 0 N–H and O–H groups in total. The van der Waals surface area contributed by atoms with Gasteiger partial charge in [-0.3, -0.25) is 4.79 Å². The normalized spacial score (nSPS) is 16.7. The highest BCUT2D eigenvalue weighted by molar-refractivity contribution is 7.90. The molecule has 0 radical (unpaired) electrons. The van der Waals surface area contributed by atoms with E-state index in [1.54, 1.807) is 6.07 Å². The zero-order valence-corrected chi connectivity index (χ0v) is 12.2. The number of thiol groups is 1. The first-order valence-corrected chi connectivity index (χ1v) is 8.29. The largest absolute Gasteiger partial charge is 0.285 e. The molecule has 0 fully saturated rings. The molecule has 0 atom stereocenters. The predicted octanol–water partition coefficient (Wildman–Crippen LogP) is 1.72. The molecule has 0 saturated heterocycles. The van der Waals surface area contributed by atoms with Crippen LogP contribution in [0.1, 0.15) is 36.0 Å². The van der Waals surface area contributed by atoms with Gasteiger partial charge in [-0.15, -0.1) is 0 Å². The second kappa shape index (κ2) is 5.92. The molecular weight excluding hydrogens is 284 g/mol. The van der Waals surface area contributed by atoms with Gasteiger partial charge in [-0.05, 0) is 30.7 Å². The second-order valence-electron chi connectivity index (χ2n) is 4.38. The van der Waals surface area contributed by atoms with Gasteiger partial charge in [0.25, 0.3) is 15.9 Å². The van der Waals surface area contributed by atoms with E-state index in [-0.39, 0.29) is 17.1 Å². The van der Waals surface area contributed by atoms with Crippen molar-refractivity contribution in [3.05, 3.63) is 23.9 Å². The Hall–Kier alpha value is -1.08. The predicted molar refractivity (Wildman–Crippen MR) is 74.8 cm³/mol. The van der Waals surface area contributed by atoms with Crippen molar-refractivity contribution in [3.63, 3.8) is 0 Å². The lowest BCUT2D eigenvalue weighted by Crippen LogP contribution is -2.31. The average Bonchev–Trinajstić information content (AvgIpc) is 2.60. The monoisotopic (exact) mass is 300 g/mol. The van der Waals surface area contributed by atoms with Crippen molar-refractivity contribution in [1.82, 2.24) is 9.29 Å². The van der Waals surface area contributed by atoms with Gasteiger partial charge < -0.3 is 0 Å². The summed E-state index contributed by atoms with van der Waals surface area (Å²) in [5, 5.41) is -0.115. The van der Waals surface area contributed by atoms with Gasteiger partial charge in [0, 0.05) is 12.7 Å². The molecule has 2 rings (SSSR count). The molecule has 1 aromatic heterocycles. The maximum absolute atomic E-state index is 12.1. The fraction of sp³-hybridized carbons (Fsp3) is 0.500. The number of aromatic nitrogens is 1. The van der Waals surface area contributed by atoms with E-state index >= 15 is 0 Å². The summed E-state index contributed by atoms with van der Waals surface area (Å²) in [5.74, 6) is 0.369. The highest BCUT2D eigenvalue weighted by atomic mass is 32.2. The van der Waals surface area contributed by atoms with Crippen molar-refractivity contribution in [3.8, 4) is 0 Å². The molecule has 19 heavy (non-hydrogen) atoms. The van der Waals surface area contributed by atoms with E-state index in [0.29, 0.717) is 6.42 Å². The first-order valence-electron chi connectivity index (χ1n) is 6.22. The molecule has 0 saturated carbocycles. The number of unbranched alkanes of at least 4 members (excludes halogenated alkanes) is 3. The molecule has 1 aromatic rings. The number of amides is 1. The van der Waals surface area contributed by atoms with Crippen molar-refractivity contribution in [2.75, 3.05) is 12.3 Å². The van der Waals surface area contributed by atoms with Crippen LogP contribution in [0.5, 0.6) is 0 Å². The minimum atomic E-state index is -3.73. The molecule has 7 heteroatoms. The average molecular weight is 300 g/mol. The Balaban J connectivity index is 2.06. The summed E-state index contributed by atoms with van der Waals surface area (Å²) in [6.45, 7) is 0.226. The van der Waals surface area contributed by atoms with E-state index in [1.807, 2.05) is 0 Å². The molecule has 104 valence electrons. The van der Waals surface area contributed by atoms with Crippen molar-refractivity contribution < 1.29 is 13.2 Å². The molecular formula is C12H16N2O3S2. The molecule has 2 heterocycles. The van der Waals surface area contributed by atoms with E-state index < -0.39 is 15.9 Å². The van der Waals surface area contributed by atoms with Crippen molar-refractivity contribution >= 4 is 28.6 Å². The third-order valence-electron chi connectivity index (χ3n) is 3.03. The summed E-state index contributed by atoms with van der Waals surface area (Å²) >= 11 is 4.12. The quantitative estimate of drug-likeness (QED) is 0.641. The Morgan fingerprint density at radius 2 is 1.95 bits per heavy atom. The molecule has 0 aliphatic carbocycles. The summed E-state index contributed by atoms with van der Waals surface area (Å²) in [4.78, 5) is 15.8. The van der Waals surface area contributed by atoms with Crippen molar-refractivity contribution in [2.45, 2.75) is 30.7 Å². The molecule has 5 nitrogen and oxygen atoms in total. The number of nitrogens with zero attached hydrogens (tertiary/aromatic N) is 2. The highest BCUT2D eigenvalue weighted by Crippen LogP contribution is 2.28. The van der Waals surface area contributed by atoms with Gasteiger partial charge in [0.05, 0.1) is 5.56 Å². The molecule has 0 aromatic carbocycles. The van der Waals surface area contributed by atoms with Crippen LogP contribution in [0.2, 0.25) is 0 Å². The summed E-state index contributed by atoms with van der Waals surface area (Å²) < 4.78 is 25.2. The van der Waals surface area contributed by atoms with Gasteiger partial charge in [-0.1, -0.05) is 12.8 Å². The Morgan fingerprint density at radius 1 is 1.21 bits per heavy atom. The summed E-state index contributed by atoms with van der Waals surface area (Å²) in [7, 11) is -3.73. The number of rotatable bonds is 6. The van der Waals surface area contributed by atoms with E-state index in [4.69, 9.17) is 0 Å². The van der Waals surface area contributed by atoms with Crippen LogP contribution in [-0.2, 0) is 10.0 Å². The lowest BCUT2D eigenvalue weighted by atomic mass is 10.2. The summed E-state index contributed by atoms with van der Waals surface area (Å²) in [6.07, 6.45) is 4.96. The fourth-order valence-electron chi connectivity index (χ4n) is 2.05. The Bertz CT molecular complexity index is 572. The lowest BCUT2D eigenvalue weighted by Gasteiger charge is -2.14. The molecule has 0 bridgehead atoms. The third-order valence-corrected chi connectivity index (χ3v) is 5.09. The Morgan fingerprint density at radius 3 is 2.63 bits per heavy atom. The smallest absolute Gasteiger partial charge is 0.268 e. The van der Waals surface area contributed by atoms with Crippen LogP contribution >= 0.6 is 12.6 Å². The minimum absolute atomic E-state index is 0.115. The number of hydrogen-bond acceptors (Lipinski definition) is 5. The second-order valence-corrected chi connectivity index (χ2v) is 6.60. The SMILES string of the molecule is O=C1c2cccnc2S(=O)(=O)N1CCCCCCS. The highest BCUT2D eigenvalue weighted by Gasteiger charge is 2.41. The van der Waals surface area contributed by atoms with Gasteiger partial charge in [0.15, 0.2) is 5.03 Å². The van der Waals surface area contributed by atoms with E-state index in [0.717, 1.165) is 29.3 Å². The standard InChI is InChI=1S/C12H16N2O3S2/c15-12-10-6-5-7-13-11(10)19(16,17)14(12)8-3-1-2-4-9-18/h5-7,18H,1-4,8-9H2. The molecule has 1 amide bonds. The number of carbonyl (C=O) groups is 1. The number of pyridine rings is 1. The first-order chi connectivity index (χ1) is 9.09. The number of sulfonamides is 1.